The van der Waals surface area contributed by atoms with Gasteiger partial charge in [-0.05, 0) is 0 Å². The van der Waals surface area contributed by atoms with E-state index < -0.39 is 0 Å². The fourth-order valence-electron chi connectivity index (χ4n) is 0.664. The Balaban J connectivity index is -0.000000180. The predicted octanol–water partition coefficient (Wildman–Crippen LogP) is 2.46. The molecular weight excluding hydrogens is 319 g/mol. The van der Waals surface area contributed by atoms with Gasteiger partial charge in [-0.2, -0.15) is 13.8 Å². The van der Waals surface area contributed by atoms with E-state index in [1.54, 1.807) is 0 Å². The first-order valence-electron chi connectivity index (χ1n) is 2.94. The molecule has 0 aliphatic carbocycles. The van der Waals surface area contributed by atoms with Crippen LogP contribution in [0.4, 0.5) is 0 Å². The summed E-state index contributed by atoms with van der Waals surface area (Å²) in [6.07, 6.45) is 5.69. The number of hydrogen-bond acceptors (Lipinski definition) is 0. The topological polar surface area (TPSA) is 0 Å². The zero-order valence-electron chi connectivity index (χ0n) is 6.29. The Labute approximate surface area is 85.3 Å². The van der Waals surface area contributed by atoms with E-state index in [1.165, 1.54) is 6.42 Å². The van der Waals surface area contributed by atoms with E-state index in [9.17, 15) is 0 Å². The molecule has 0 aromatic rings. The molecule has 0 fully saturated rings. The third-order valence-corrected chi connectivity index (χ3v) is 1.33. The van der Waals surface area contributed by atoms with Crippen LogP contribution >= 0.6 is 0 Å². The predicted molar refractivity (Wildman–Crippen MR) is 33.7 cm³/mol. The van der Waals surface area contributed by atoms with Crippen LogP contribution in [0, 0.1) is 18.8 Å². The van der Waals surface area contributed by atoms with Gasteiger partial charge in [0.25, 0.3) is 0 Å². The zero-order chi connectivity index (χ0) is 5.70. The van der Waals surface area contributed by atoms with Gasteiger partial charge in [-0.1, -0.05) is 6.92 Å². The van der Waals surface area contributed by atoms with Crippen molar-refractivity contribution in [2.45, 2.75) is 27.2 Å². The second-order valence-corrected chi connectivity index (χ2v) is 1.74. The minimum Gasteiger partial charge on any atom is -0.358 e. The van der Waals surface area contributed by atoms with E-state index in [4.69, 9.17) is 0 Å². The zero-order valence-corrected chi connectivity index (χ0v) is 10.6. The third-order valence-electron chi connectivity index (χ3n) is 1.33. The smallest absolute Gasteiger partial charge is 0 e. The Morgan fingerprint density at radius 2 is 1.56 bits per heavy atom. The maximum atomic E-state index is 2.22. The van der Waals surface area contributed by atoms with Crippen LogP contribution in [0.15, 0.2) is 0 Å². The van der Waals surface area contributed by atoms with E-state index >= 15 is 0 Å². The van der Waals surface area contributed by atoms with Crippen LogP contribution in [-0.2, 0) is 39.6 Å². The Morgan fingerprint density at radius 3 is 1.56 bits per heavy atom. The Kier molecular flexibility index (Phi) is 22.3. The fraction of sp³-hybridized carbons (Fsp3) is 0.714. The molecule has 2 heteroatoms. The molecular formula is C7H14VW-2. The van der Waals surface area contributed by atoms with Crippen LogP contribution in [0.3, 0.4) is 0 Å². The van der Waals surface area contributed by atoms with Crippen molar-refractivity contribution < 1.29 is 39.6 Å². The number of hydrogen-bond donors (Lipinski definition) is 0. The molecule has 0 N–H and O–H groups in total. The monoisotopic (exact) mass is 333 g/mol. The summed E-state index contributed by atoms with van der Waals surface area (Å²) in [5.41, 5.74) is 0. The van der Waals surface area contributed by atoms with Crippen LogP contribution in [0.1, 0.15) is 27.2 Å². The molecule has 0 heterocycles. The van der Waals surface area contributed by atoms with Crippen molar-refractivity contribution in [2.24, 2.45) is 5.92 Å². The molecule has 0 spiro atoms. The Bertz CT molecular complexity index is 30.4. The second-order valence-electron chi connectivity index (χ2n) is 1.74. The van der Waals surface area contributed by atoms with Crippen LogP contribution in [-0.4, -0.2) is 0 Å². The second kappa shape index (κ2) is 12.0. The molecule has 0 saturated carbocycles. The van der Waals surface area contributed by atoms with Crippen LogP contribution in [0.2, 0.25) is 0 Å². The van der Waals surface area contributed by atoms with Crippen molar-refractivity contribution in [1.82, 2.24) is 0 Å². The molecule has 0 aromatic heterocycles. The van der Waals surface area contributed by atoms with Crippen LogP contribution in [0.25, 0.3) is 0 Å². The van der Waals surface area contributed by atoms with Gasteiger partial charge < -0.3 is 18.8 Å². The molecule has 0 unspecified atom stereocenters. The fourth-order valence-corrected chi connectivity index (χ4v) is 0.664. The van der Waals surface area contributed by atoms with Crippen LogP contribution < -0.4 is 0 Å². The maximum Gasteiger partial charge on any atom is 0 e. The van der Waals surface area contributed by atoms with Gasteiger partial charge in [0.15, 0.2) is 0 Å². The quantitative estimate of drug-likeness (QED) is 0.696. The van der Waals surface area contributed by atoms with Crippen molar-refractivity contribution >= 4 is 0 Å². The average Bonchev–Trinajstić information content (AvgIpc) is 1.72. The summed E-state index contributed by atoms with van der Waals surface area (Å²) in [7, 11) is 0. The van der Waals surface area contributed by atoms with Gasteiger partial charge >= 0.3 is 0 Å². The van der Waals surface area contributed by atoms with Gasteiger partial charge in [-0.25, -0.2) is 0 Å². The molecule has 0 bridgehead atoms. The largest absolute Gasteiger partial charge is 0.358 e. The van der Waals surface area contributed by atoms with E-state index in [0.29, 0.717) is 0 Å². The first-order chi connectivity index (χ1) is 3.35. The molecule has 1 radical (unpaired) electrons. The SMILES string of the molecule is C[CH-]C([CH-]C)CC.[V].[W]. The van der Waals surface area contributed by atoms with Crippen molar-refractivity contribution in [2.75, 3.05) is 0 Å². The molecule has 0 aromatic carbocycles. The van der Waals surface area contributed by atoms with Gasteiger partial charge in [0.1, 0.15) is 0 Å². The van der Waals surface area contributed by atoms with Gasteiger partial charge in [-0.3, -0.25) is 0 Å². The Morgan fingerprint density at radius 1 is 1.22 bits per heavy atom. The minimum atomic E-state index is 0. The van der Waals surface area contributed by atoms with Crippen molar-refractivity contribution in [3.8, 4) is 0 Å². The number of rotatable bonds is 3. The van der Waals surface area contributed by atoms with E-state index in [2.05, 4.69) is 33.6 Å². The molecule has 0 aliphatic rings. The molecule has 0 nitrogen and oxygen atoms in total. The third kappa shape index (κ3) is 9.27. The molecule has 9 heavy (non-hydrogen) atoms. The summed E-state index contributed by atoms with van der Waals surface area (Å²) < 4.78 is 0. The molecule has 0 saturated heterocycles. The molecule has 0 rings (SSSR count). The Hall–Kier alpha value is 1.27. The first kappa shape index (κ1) is 16.7. The first-order valence-corrected chi connectivity index (χ1v) is 2.94. The minimum absolute atomic E-state index is 0. The molecule has 0 aliphatic heterocycles. The van der Waals surface area contributed by atoms with Gasteiger partial charge in [0, 0.05) is 39.6 Å². The van der Waals surface area contributed by atoms with Gasteiger partial charge in [0.2, 0.25) is 0 Å². The average molecular weight is 333 g/mol. The summed E-state index contributed by atoms with van der Waals surface area (Å²) in [5.74, 6) is 0.736. The summed E-state index contributed by atoms with van der Waals surface area (Å²) in [6, 6.07) is 0. The summed E-state index contributed by atoms with van der Waals surface area (Å²) in [6.45, 7) is 6.41. The van der Waals surface area contributed by atoms with Gasteiger partial charge in [-0.15, -0.1) is 6.42 Å². The maximum absolute atomic E-state index is 2.22. The van der Waals surface area contributed by atoms with Gasteiger partial charge in [0.05, 0.1) is 0 Å². The van der Waals surface area contributed by atoms with Crippen LogP contribution in [0.5, 0.6) is 0 Å². The normalized spacial score (nSPS) is 8.00. The standard InChI is InChI=1S/C7H14.V.W/c1-4-7(5-2)6-3;;/h4-5,7H,6H2,1-3H3;;/q-2;;. The van der Waals surface area contributed by atoms with E-state index in [1.807, 2.05) is 0 Å². The molecule has 55 valence electrons. The van der Waals surface area contributed by atoms with E-state index in [-0.39, 0.29) is 39.6 Å². The van der Waals surface area contributed by atoms with Crippen molar-refractivity contribution in [3.63, 3.8) is 0 Å². The summed E-state index contributed by atoms with van der Waals surface area (Å²) in [5, 5.41) is 0. The molecule has 0 atom stereocenters. The summed E-state index contributed by atoms with van der Waals surface area (Å²) in [4.78, 5) is 0. The molecule has 0 amide bonds. The van der Waals surface area contributed by atoms with Crippen molar-refractivity contribution in [3.05, 3.63) is 12.8 Å². The summed E-state index contributed by atoms with van der Waals surface area (Å²) >= 11 is 0. The van der Waals surface area contributed by atoms with E-state index in [0.717, 1.165) is 5.92 Å². The van der Waals surface area contributed by atoms with Crippen molar-refractivity contribution in [1.29, 1.82) is 0 Å².